The number of benzene rings is 1. The fourth-order valence-corrected chi connectivity index (χ4v) is 1.45. The van der Waals surface area contributed by atoms with Crippen molar-refractivity contribution in [2.45, 2.75) is 32.6 Å². The molecule has 0 bridgehead atoms. The van der Waals surface area contributed by atoms with E-state index in [1.165, 1.54) is 52.0 Å². The van der Waals surface area contributed by atoms with Gasteiger partial charge < -0.3 is 47.0 Å². The van der Waals surface area contributed by atoms with Crippen LogP contribution in [-0.2, 0) is 26.8 Å². The van der Waals surface area contributed by atoms with Crippen molar-refractivity contribution >= 4 is 38.6 Å². The molecule has 0 saturated carbocycles. The fraction of sp³-hybridized carbons (Fsp3) is 0.286. The Hall–Kier alpha value is -3.28. The van der Waals surface area contributed by atoms with E-state index in [0.29, 0.717) is 5.69 Å². The second-order valence-electron chi connectivity index (χ2n) is 4.91. The van der Waals surface area contributed by atoms with Crippen molar-refractivity contribution in [3.05, 3.63) is 44.8 Å². The minimum absolute atomic E-state index is 0. The van der Waals surface area contributed by atoms with Gasteiger partial charge in [0, 0.05) is 5.69 Å². The predicted octanol–water partition coefficient (Wildman–Crippen LogP) is 1.75. The van der Waals surface area contributed by atoms with Gasteiger partial charge in [-0.2, -0.15) is 0 Å². The van der Waals surface area contributed by atoms with Gasteiger partial charge in [-0.1, -0.05) is 10.3 Å². The number of oxime groups is 2. The summed E-state index contributed by atoms with van der Waals surface area (Å²) in [6.07, 6.45) is 0. The molecule has 0 heterocycles. The topological polar surface area (TPSA) is 275 Å². The molecule has 177 valence electrons. The molecule has 0 amide bonds. The molecular weight excluding hydrogens is 485 g/mol. The maximum atomic E-state index is 10.7. The number of nitrogen functional groups attached to an aromatic ring is 1. The Bertz CT molecular complexity index is 792. The van der Waals surface area contributed by atoms with Gasteiger partial charge in [0.1, 0.15) is 0 Å². The molecule has 0 fully saturated rings. The number of rotatable bonds is 3. The van der Waals surface area contributed by atoms with Crippen LogP contribution in [0, 0.1) is 20.5 Å². The van der Waals surface area contributed by atoms with Gasteiger partial charge in [-0.3, -0.25) is 0 Å². The number of sulfonamides is 1. The van der Waals surface area contributed by atoms with E-state index < -0.39 is 10.0 Å². The van der Waals surface area contributed by atoms with Gasteiger partial charge in [-0.05, 0) is 52.0 Å². The summed E-state index contributed by atoms with van der Waals surface area (Å²) in [6.45, 7) is 5.94. The summed E-state index contributed by atoms with van der Waals surface area (Å²) in [5.74, 6) is 0. The average molecular weight is 507 g/mol. The van der Waals surface area contributed by atoms with Gasteiger partial charge in [0.25, 0.3) is 0 Å². The van der Waals surface area contributed by atoms with Crippen LogP contribution in [0.5, 0.6) is 0 Å². The number of hydrogen-bond donors (Lipinski definition) is 4. The Morgan fingerprint density at radius 2 is 1.13 bits per heavy atom. The second kappa shape index (κ2) is 20.0. The molecule has 0 aliphatic heterocycles. The van der Waals surface area contributed by atoms with E-state index in [1.54, 1.807) is 0 Å². The first-order valence-corrected chi connectivity index (χ1v) is 8.95. The van der Waals surface area contributed by atoms with Crippen molar-refractivity contribution in [1.29, 1.82) is 0 Å². The van der Waals surface area contributed by atoms with E-state index in [2.05, 4.69) is 20.6 Å². The molecule has 1 rings (SSSR count). The summed E-state index contributed by atoms with van der Waals surface area (Å²) in [4.78, 5) is 8.08. The standard InChI is InChI=1S/C6H8N2O2S.2C4H8N2O2.Co.HNO2/c7-5-1-3-6(4-2-5)11(8,9)10;2*1-3(5-7)4(2)6-8;;2-1-3/h1-4H,7H2,(H2,8,9,10);2*7-8H,1-2H3;;(H,2,3)/q;;;+2;/p-3/b;2*5-3+,6-4+;;. The van der Waals surface area contributed by atoms with Crippen molar-refractivity contribution < 1.29 is 35.6 Å². The van der Waals surface area contributed by atoms with Crippen LogP contribution in [0.1, 0.15) is 27.7 Å². The Balaban J connectivity index is -0.000000166. The number of nitrogens with two attached hydrogens (primary N) is 2. The minimum atomic E-state index is -3.58. The summed E-state index contributed by atoms with van der Waals surface area (Å²) in [5, 5.41) is 59.7. The van der Waals surface area contributed by atoms with Crippen LogP contribution in [0.25, 0.3) is 0 Å². The summed E-state index contributed by atoms with van der Waals surface area (Å²) < 4.78 is 21.4. The average Bonchev–Trinajstić information content (AvgIpc) is 2.72. The first kappa shape index (κ1) is 35.2. The predicted molar refractivity (Wildman–Crippen MR) is 114 cm³/mol. The van der Waals surface area contributed by atoms with Crippen LogP contribution >= 0.6 is 0 Å². The van der Waals surface area contributed by atoms with Crippen molar-refractivity contribution in [3.63, 3.8) is 0 Å². The zero-order valence-electron chi connectivity index (χ0n) is 16.8. The molecule has 0 atom stereocenters. The Morgan fingerprint density at radius 3 is 1.29 bits per heavy atom. The van der Waals surface area contributed by atoms with Gasteiger partial charge in [0.2, 0.25) is 10.0 Å². The molecular formula is C14H22CoN7O8S-. The normalized spacial score (nSPS) is 11.8. The second-order valence-corrected chi connectivity index (χ2v) is 6.47. The third kappa shape index (κ3) is 19.8. The molecule has 1 aromatic carbocycles. The first-order valence-electron chi connectivity index (χ1n) is 7.41. The molecule has 0 aromatic heterocycles. The Morgan fingerprint density at radius 1 is 0.839 bits per heavy atom. The molecule has 0 spiro atoms. The smallest absolute Gasteiger partial charge is 0.792 e. The van der Waals surface area contributed by atoms with E-state index in [1.807, 2.05) is 0 Å². The Labute approximate surface area is 188 Å². The molecule has 17 heteroatoms. The molecule has 15 nitrogen and oxygen atoms in total. The van der Waals surface area contributed by atoms with E-state index in [-0.39, 0.29) is 44.5 Å². The number of anilines is 1. The van der Waals surface area contributed by atoms with Crippen molar-refractivity contribution in [2.75, 3.05) is 5.73 Å². The quantitative estimate of drug-likeness (QED) is 0.152. The number of hydrogen-bond acceptors (Lipinski definition) is 14. The maximum Gasteiger partial charge on any atom is 2.00 e. The van der Waals surface area contributed by atoms with E-state index in [4.69, 9.17) is 31.4 Å². The molecule has 1 radical (unpaired) electrons. The summed E-state index contributed by atoms with van der Waals surface area (Å²) in [6, 6.07) is 5.70. The number of primary sulfonamides is 1. The van der Waals surface area contributed by atoms with Crippen molar-refractivity contribution in [1.82, 2.24) is 0 Å². The van der Waals surface area contributed by atoms with Crippen LogP contribution in [0.3, 0.4) is 0 Å². The first-order chi connectivity index (χ1) is 13.9. The zero-order chi connectivity index (χ0) is 24.3. The summed E-state index contributed by atoms with van der Waals surface area (Å²) >= 11 is 0. The van der Waals surface area contributed by atoms with Crippen LogP contribution in [0.4, 0.5) is 5.69 Å². The van der Waals surface area contributed by atoms with Gasteiger partial charge >= 0.3 is 16.8 Å². The SMILES string of the molecule is CC(=N\[O-])/C(C)=N/O.CC(=N\[O-])/C(C)=N/O.Nc1ccc(S(N)(=O)=O)cc1.O=N[O-].[Co+2]. The molecule has 1 aromatic rings. The summed E-state index contributed by atoms with van der Waals surface area (Å²) in [5.41, 5.74) is 6.75. The molecule has 0 aliphatic rings. The van der Waals surface area contributed by atoms with Gasteiger partial charge in [-0.15, -0.1) is 5.34 Å². The van der Waals surface area contributed by atoms with E-state index in [0.717, 1.165) is 5.34 Å². The number of nitrogens with zero attached hydrogens (tertiary/aromatic N) is 5. The Kier molecular flexibility index (Phi) is 22.7. The van der Waals surface area contributed by atoms with Crippen molar-refractivity contribution in [3.8, 4) is 0 Å². The molecule has 6 N–H and O–H groups in total. The zero-order valence-corrected chi connectivity index (χ0v) is 18.6. The third-order valence-corrected chi connectivity index (χ3v) is 3.76. The molecule has 0 aliphatic carbocycles. The van der Waals surface area contributed by atoms with Gasteiger partial charge in [-0.25, -0.2) is 13.6 Å². The minimum Gasteiger partial charge on any atom is -0.792 e. The summed E-state index contributed by atoms with van der Waals surface area (Å²) in [7, 11) is -3.58. The fourth-order valence-electron chi connectivity index (χ4n) is 0.934. The van der Waals surface area contributed by atoms with Crippen LogP contribution in [0.2, 0.25) is 0 Å². The van der Waals surface area contributed by atoms with Gasteiger partial charge in [0.15, 0.2) is 0 Å². The van der Waals surface area contributed by atoms with Crippen molar-refractivity contribution in [2.24, 2.45) is 31.1 Å². The third-order valence-electron chi connectivity index (χ3n) is 2.83. The van der Waals surface area contributed by atoms with Crippen LogP contribution in [0.15, 0.2) is 55.1 Å². The monoisotopic (exact) mass is 507 g/mol. The molecule has 0 saturated heterocycles. The van der Waals surface area contributed by atoms with Crippen LogP contribution in [-0.4, -0.2) is 41.7 Å². The maximum absolute atomic E-state index is 10.7. The van der Waals surface area contributed by atoms with E-state index >= 15 is 0 Å². The van der Waals surface area contributed by atoms with E-state index in [9.17, 15) is 18.8 Å². The van der Waals surface area contributed by atoms with Gasteiger partial charge in [0.05, 0.1) is 27.7 Å². The molecule has 31 heavy (non-hydrogen) atoms. The largest absolute Gasteiger partial charge is 2.00 e. The molecule has 0 unspecified atom stereocenters. The van der Waals surface area contributed by atoms with Crippen LogP contribution < -0.4 is 10.9 Å².